The quantitative estimate of drug-likeness (QED) is 0.163. The Labute approximate surface area is 272 Å². The molecule has 0 atom stereocenters. The van der Waals surface area contributed by atoms with E-state index in [0.717, 1.165) is 61.3 Å². The van der Waals surface area contributed by atoms with E-state index in [1.54, 1.807) is 30.0 Å². The Balaban J connectivity index is 1.06. The molecule has 0 spiro atoms. The molecular weight excluding hydrogens is 603 g/mol. The van der Waals surface area contributed by atoms with E-state index in [1.807, 2.05) is 36.4 Å². The standard InChI is InChI=1S/C35H35FN6O3S/c1-44-34(43)25-7-8-30-31(18-25)42(23-35(11-12-35)13-14-37)32(40-30)20-41-15-9-28(10-16-41)45-33-4-2-3-27(39-33)22-46-21-26-6-5-24(19-38)17-29(26)36/h2-8,17-18,28H,9-13,15-16,20-23H2,1H3. The number of likely N-dealkylation sites (tertiary alicyclic amines) is 1. The van der Waals surface area contributed by atoms with Crippen molar-refractivity contribution in [2.45, 2.75) is 62.8 Å². The molecule has 0 unspecified atom stereocenters. The number of aromatic nitrogens is 3. The number of carbonyl (C=O) groups excluding carboxylic acids is 1. The van der Waals surface area contributed by atoms with E-state index < -0.39 is 0 Å². The van der Waals surface area contributed by atoms with Crippen LogP contribution in [0, 0.1) is 33.9 Å². The number of benzene rings is 2. The number of methoxy groups -OCH3 is 1. The van der Waals surface area contributed by atoms with Crippen LogP contribution in [0.3, 0.4) is 0 Å². The second kappa shape index (κ2) is 13.9. The monoisotopic (exact) mass is 638 g/mol. The van der Waals surface area contributed by atoms with Gasteiger partial charge in [-0.2, -0.15) is 22.3 Å². The Bertz CT molecular complexity index is 1820. The van der Waals surface area contributed by atoms with Gasteiger partial charge in [-0.1, -0.05) is 12.1 Å². The Morgan fingerprint density at radius 3 is 2.63 bits per heavy atom. The second-order valence-corrected chi connectivity index (χ2v) is 13.1. The van der Waals surface area contributed by atoms with Gasteiger partial charge in [-0.05, 0) is 67.6 Å². The summed E-state index contributed by atoms with van der Waals surface area (Å²) in [6, 6.07) is 20.1. The molecule has 9 nitrogen and oxygen atoms in total. The first kappa shape index (κ1) is 31.5. The summed E-state index contributed by atoms with van der Waals surface area (Å²) in [6.07, 6.45) is 4.29. The van der Waals surface area contributed by atoms with Crippen molar-refractivity contribution >= 4 is 28.8 Å². The van der Waals surface area contributed by atoms with Crippen LogP contribution in [0.25, 0.3) is 11.0 Å². The molecule has 0 bridgehead atoms. The zero-order valence-electron chi connectivity index (χ0n) is 25.7. The predicted octanol–water partition coefficient (Wildman–Crippen LogP) is 6.40. The molecule has 11 heteroatoms. The van der Waals surface area contributed by atoms with E-state index >= 15 is 0 Å². The number of fused-ring (bicyclic) bond motifs is 1. The summed E-state index contributed by atoms with van der Waals surface area (Å²) in [5.74, 6) is 1.90. The first-order valence-electron chi connectivity index (χ1n) is 15.4. The molecule has 2 aromatic heterocycles. The minimum Gasteiger partial charge on any atom is -0.474 e. The average Bonchev–Trinajstić information content (AvgIpc) is 3.75. The number of halogens is 1. The van der Waals surface area contributed by atoms with Gasteiger partial charge in [0.25, 0.3) is 0 Å². The van der Waals surface area contributed by atoms with Crippen molar-refractivity contribution in [1.82, 2.24) is 19.4 Å². The number of pyridine rings is 1. The van der Waals surface area contributed by atoms with Crippen LogP contribution in [0.1, 0.15) is 65.1 Å². The number of ether oxygens (including phenoxy) is 2. The third-order valence-electron chi connectivity index (χ3n) is 8.81. The summed E-state index contributed by atoms with van der Waals surface area (Å²) in [5.41, 5.74) is 3.94. The number of thioether (sulfide) groups is 1. The van der Waals surface area contributed by atoms with Crippen LogP contribution in [-0.4, -0.2) is 51.7 Å². The van der Waals surface area contributed by atoms with E-state index in [9.17, 15) is 14.4 Å². The lowest BCUT2D eigenvalue weighted by Gasteiger charge is -2.32. The number of carbonyl (C=O) groups is 1. The number of hydrogen-bond donors (Lipinski definition) is 0. The molecule has 0 N–H and O–H groups in total. The Morgan fingerprint density at radius 2 is 1.91 bits per heavy atom. The summed E-state index contributed by atoms with van der Waals surface area (Å²) in [7, 11) is 1.38. The molecule has 2 fully saturated rings. The Hall–Kier alpha value is -4.45. The fourth-order valence-corrected chi connectivity index (χ4v) is 6.87. The lowest BCUT2D eigenvalue weighted by atomic mass is 10.0. The lowest BCUT2D eigenvalue weighted by Crippen LogP contribution is -2.38. The molecule has 1 saturated heterocycles. The molecule has 0 amide bonds. The van der Waals surface area contributed by atoms with Gasteiger partial charge in [0.1, 0.15) is 17.7 Å². The molecule has 1 saturated carbocycles. The van der Waals surface area contributed by atoms with Crippen molar-refractivity contribution in [2.24, 2.45) is 5.41 Å². The van der Waals surface area contributed by atoms with Crippen LogP contribution in [0.4, 0.5) is 4.39 Å². The largest absolute Gasteiger partial charge is 0.474 e. The maximum absolute atomic E-state index is 14.2. The molecule has 46 heavy (non-hydrogen) atoms. The Kier molecular flexibility index (Phi) is 9.53. The molecule has 3 heterocycles. The van der Waals surface area contributed by atoms with Gasteiger partial charge in [-0.25, -0.2) is 19.2 Å². The minimum atomic E-state index is -0.381. The van der Waals surface area contributed by atoms with Gasteiger partial charge in [0.15, 0.2) is 0 Å². The summed E-state index contributed by atoms with van der Waals surface area (Å²) in [5, 5.41) is 18.4. The highest BCUT2D eigenvalue weighted by atomic mass is 32.2. The van der Waals surface area contributed by atoms with Crippen LogP contribution < -0.4 is 4.74 Å². The molecule has 6 rings (SSSR count). The zero-order chi connectivity index (χ0) is 32.1. The van der Waals surface area contributed by atoms with Crippen molar-refractivity contribution in [3.63, 3.8) is 0 Å². The van der Waals surface area contributed by atoms with E-state index in [-0.39, 0.29) is 23.3 Å². The van der Waals surface area contributed by atoms with Crippen LogP contribution in [0.5, 0.6) is 5.88 Å². The van der Waals surface area contributed by atoms with E-state index in [2.05, 4.69) is 20.5 Å². The van der Waals surface area contributed by atoms with Crippen molar-refractivity contribution in [3.05, 3.63) is 88.6 Å². The van der Waals surface area contributed by atoms with Gasteiger partial charge in [0.2, 0.25) is 5.88 Å². The third kappa shape index (κ3) is 7.33. The Morgan fingerprint density at radius 1 is 1.09 bits per heavy atom. The third-order valence-corrected chi connectivity index (χ3v) is 9.83. The zero-order valence-corrected chi connectivity index (χ0v) is 26.6. The van der Waals surface area contributed by atoms with Crippen LogP contribution in [-0.2, 0) is 29.3 Å². The molecular formula is C35H35FN6O3S. The van der Waals surface area contributed by atoms with E-state index in [0.29, 0.717) is 53.6 Å². The molecule has 236 valence electrons. The molecule has 1 aliphatic heterocycles. The van der Waals surface area contributed by atoms with Crippen molar-refractivity contribution in [3.8, 4) is 18.0 Å². The summed E-state index contributed by atoms with van der Waals surface area (Å²) < 4.78 is 27.7. The summed E-state index contributed by atoms with van der Waals surface area (Å²) in [6.45, 7) is 3.06. The smallest absolute Gasteiger partial charge is 0.337 e. The fraction of sp³-hybridized carbons (Fsp3) is 0.400. The van der Waals surface area contributed by atoms with Crippen LogP contribution in [0.15, 0.2) is 54.6 Å². The molecule has 2 aliphatic rings. The molecule has 0 radical (unpaired) electrons. The van der Waals surface area contributed by atoms with Crippen LogP contribution in [0.2, 0.25) is 0 Å². The highest BCUT2D eigenvalue weighted by Crippen LogP contribution is 2.50. The molecule has 4 aromatic rings. The number of piperidine rings is 1. The number of rotatable bonds is 12. The average molecular weight is 639 g/mol. The minimum absolute atomic E-state index is 0.0287. The highest BCUT2D eigenvalue weighted by molar-refractivity contribution is 7.97. The number of imidazole rings is 1. The number of nitrogens with zero attached hydrogens (tertiary/aromatic N) is 6. The predicted molar refractivity (Wildman–Crippen MR) is 172 cm³/mol. The molecule has 1 aliphatic carbocycles. The maximum Gasteiger partial charge on any atom is 0.337 e. The number of hydrogen-bond acceptors (Lipinski definition) is 9. The topological polar surface area (TPSA) is 117 Å². The second-order valence-electron chi connectivity index (χ2n) is 12.1. The van der Waals surface area contributed by atoms with Gasteiger partial charge in [-0.3, -0.25) is 4.90 Å². The SMILES string of the molecule is COC(=O)c1ccc2nc(CN3CCC(Oc4cccc(CSCc5ccc(C#N)cc5F)n4)CC3)n(CC3(CC#N)CC3)c2c1. The fourth-order valence-electron chi connectivity index (χ4n) is 5.94. The van der Waals surface area contributed by atoms with E-state index in [1.165, 1.54) is 13.2 Å². The lowest BCUT2D eigenvalue weighted by molar-refractivity contribution is 0.0601. The van der Waals surface area contributed by atoms with Crippen molar-refractivity contribution in [2.75, 3.05) is 20.2 Å². The molecule has 2 aromatic carbocycles. The number of nitriles is 2. The first-order chi connectivity index (χ1) is 22.4. The van der Waals surface area contributed by atoms with Crippen molar-refractivity contribution in [1.29, 1.82) is 10.5 Å². The maximum atomic E-state index is 14.2. The number of esters is 1. The van der Waals surface area contributed by atoms with Gasteiger partial charge in [-0.15, -0.1) is 0 Å². The van der Waals surface area contributed by atoms with Gasteiger partial charge in [0.05, 0.1) is 53.6 Å². The normalized spacial score (nSPS) is 16.1. The van der Waals surface area contributed by atoms with Gasteiger partial charge in [0, 0.05) is 49.0 Å². The van der Waals surface area contributed by atoms with Gasteiger partial charge < -0.3 is 14.0 Å². The summed E-state index contributed by atoms with van der Waals surface area (Å²) >= 11 is 1.56. The van der Waals surface area contributed by atoms with Crippen LogP contribution >= 0.6 is 11.8 Å². The first-order valence-corrected chi connectivity index (χ1v) is 16.6. The summed E-state index contributed by atoms with van der Waals surface area (Å²) in [4.78, 5) is 24.3. The van der Waals surface area contributed by atoms with Gasteiger partial charge >= 0.3 is 5.97 Å². The highest BCUT2D eigenvalue weighted by Gasteiger charge is 2.43. The van der Waals surface area contributed by atoms with E-state index in [4.69, 9.17) is 19.7 Å². The van der Waals surface area contributed by atoms with Crippen molar-refractivity contribution < 1.29 is 18.7 Å².